The van der Waals surface area contributed by atoms with E-state index >= 15 is 0 Å². The summed E-state index contributed by atoms with van der Waals surface area (Å²) >= 11 is 0. The second kappa shape index (κ2) is 9.68. The zero-order valence-electron chi connectivity index (χ0n) is 20.2. The van der Waals surface area contributed by atoms with Crippen LogP contribution in [0.4, 0.5) is 13.2 Å². The number of hydrogen-bond donors (Lipinski definition) is 0. The van der Waals surface area contributed by atoms with Crippen LogP contribution in [0, 0.1) is 0 Å². The van der Waals surface area contributed by atoms with E-state index in [0.717, 1.165) is 11.1 Å². The number of esters is 1. The zero-order chi connectivity index (χ0) is 26.0. The van der Waals surface area contributed by atoms with E-state index in [2.05, 4.69) is 10.2 Å². The maximum absolute atomic E-state index is 13.4. The van der Waals surface area contributed by atoms with Gasteiger partial charge in [0.25, 0.3) is 0 Å². The van der Waals surface area contributed by atoms with Crippen LogP contribution in [0.1, 0.15) is 43.0 Å². The fraction of sp³-hybridized carbons (Fsp3) is 0.286. The predicted molar refractivity (Wildman–Crippen MR) is 131 cm³/mol. The second-order valence-electron chi connectivity index (χ2n) is 9.53. The lowest BCUT2D eigenvalue weighted by Gasteiger charge is -2.23. The molecule has 186 valence electrons. The maximum Gasteiger partial charge on any atom is 0.442 e. The molecule has 0 aromatic heterocycles. The Morgan fingerprint density at radius 3 is 1.78 bits per heavy atom. The van der Waals surface area contributed by atoms with Crippen LogP contribution in [-0.2, 0) is 21.6 Å². The molecule has 0 unspecified atom stereocenters. The van der Waals surface area contributed by atoms with E-state index in [1.807, 2.05) is 60.7 Å². The number of aliphatic imine (C=N–C) groups is 1. The number of alkyl halides is 3. The van der Waals surface area contributed by atoms with Crippen LogP contribution in [0.5, 0.6) is 0 Å². The third kappa shape index (κ3) is 5.70. The van der Waals surface area contributed by atoms with Crippen molar-refractivity contribution in [3.63, 3.8) is 0 Å². The summed E-state index contributed by atoms with van der Waals surface area (Å²) in [6, 6.07) is 23.8. The molecule has 8 heteroatoms. The third-order valence-electron chi connectivity index (χ3n) is 5.54. The van der Waals surface area contributed by atoms with Crippen molar-refractivity contribution in [1.82, 2.24) is 0 Å². The van der Waals surface area contributed by atoms with Crippen molar-refractivity contribution in [1.29, 1.82) is 0 Å². The third-order valence-corrected chi connectivity index (χ3v) is 5.54. The SMILES string of the molecule is CC(C)(C)OC(=O)[C@H](Cc1ccc(C2(C(F)(F)F)N=N2)cc1)N=C(c1ccccc1)c1ccccc1. The average molecular weight is 494 g/mol. The first-order chi connectivity index (χ1) is 17.0. The second-order valence-corrected chi connectivity index (χ2v) is 9.53. The van der Waals surface area contributed by atoms with Crippen LogP contribution in [0.3, 0.4) is 0 Å². The molecule has 1 aliphatic heterocycles. The minimum absolute atomic E-state index is 0.0645. The lowest BCUT2D eigenvalue weighted by Crippen LogP contribution is -2.33. The van der Waals surface area contributed by atoms with Crippen molar-refractivity contribution in [2.75, 3.05) is 0 Å². The van der Waals surface area contributed by atoms with E-state index in [1.54, 1.807) is 32.9 Å². The Kier molecular flexibility index (Phi) is 6.80. The number of halogens is 3. The predicted octanol–water partition coefficient (Wildman–Crippen LogP) is 6.66. The van der Waals surface area contributed by atoms with Gasteiger partial charge in [0, 0.05) is 23.1 Å². The highest BCUT2D eigenvalue weighted by atomic mass is 19.4. The molecule has 5 nitrogen and oxygen atoms in total. The van der Waals surface area contributed by atoms with E-state index < -0.39 is 29.5 Å². The Morgan fingerprint density at radius 1 is 0.861 bits per heavy atom. The molecular weight excluding hydrogens is 467 g/mol. The van der Waals surface area contributed by atoms with Crippen molar-refractivity contribution < 1.29 is 22.7 Å². The summed E-state index contributed by atoms with van der Waals surface area (Å²) in [4.78, 5) is 18.1. The molecule has 4 rings (SSSR count). The lowest BCUT2D eigenvalue weighted by atomic mass is 9.98. The molecule has 3 aromatic carbocycles. The summed E-state index contributed by atoms with van der Waals surface area (Å²) < 4.78 is 45.7. The molecule has 0 bridgehead atoms. The molecule has 1 atom stereocenters. The Morgan fingerprint density at radius 2 is 1.36 bits per heavy atom. The molecule has 1 heterocycles. The van der Waals surface area contributed by atoms with Gasteiger partial charge in [-0.3, -0.25) is 4.99 Å². The van der Waals surface area contributed by atoms with Gasteiger partial charge in [0.1, 0.15) is 5.60 Å². The highest BCUT2D eigenvalue weighted by molar-refractivity contribution is 6.13. The maximum atomic E-state index is 13.4. The largest absolute Gasteiger partial charge is 0.458 e. The Labute approximate surface area is 207 Å². The van der Waals surface area contributed by atoms with Crippen molar-refractivity contribution in [2.24, 2.45) is 15.2 Å². The van der Waals surface area contributed by atoms with Crippen molar-refractivity contribution in [3.05, 3.63) is 107 Å². The summed E-state index contributed by atoms with van der Waals surface area (Å²) in [6.07, 6.45) is -4.45. The van der Waals surface area contributed by atoms with Gasteiger partial charge in [0.15, 0.2) is 6.04 Å². The van der Waals surface area contributed by atoms with Crippen LogP contribution >= 0.6 is 0 Å². The van der Waals surface area contributed by atoms with Gasteiger partial charge in [-0.15, -0.1) is 10.2 Å². The number of carbonyl (C=O) groups excluding carboxylic acids is 1. The molecule has 0 saturated carbocycles. The molecule has 36 heavy (non-hydrogen) atoms. The van der Waals surface area contributed by atoms with Crippen LogP contribution in [0.25, 0.3) is 0 Å². The van der Waals surface area contributed by atoms with Crippen LogP contribution < -0.4 is 0 Å². The normalized spacial score (nSPS) is 15.2. The van der Waals surface area contributed by atoms with Gasteiger partial charge in [-0.2, -0.15) is 13.2 Å². The quantitative estimate of drug-likeness (QED) is 0.273. The molecule has 0 saturated heterocycles. The van der Waals surface area contributed by atoms with Crippen LogP contribution in [0.15, 0.2) is 100 Å². The highest BCUT2D eigenvalue weighted by Gasteiger charge is 2.65. The van der Waals surface area contributed by atoms with E-state index in [1.165, 1.54) is 12.1 Å². The number of rotatable bonds is 7. The van der Waals surface area contributed by atoms with Gasteiger partial charge in [0.2, 0.25) is 0 Å². The number of carbonyl (C=O) groups is 1. The number of hydrogen-bond acceptors (Lipinski definition) is 5. The van der Waals surface area contributed by atoms with Gasteiger partial charge in [0.05, 0.1) is 5.71 Å². The fourth-order valence-electron chi connectivity index (χ4n) is 3.75. The molecule has 0 N–H and O–H groups in total. The smallest absolute Gasteiger partial charge is 0.442 e. The first kappa shape index (κ1) is 25.3. The molecule has 0 fully saturated rings. The van der Waals surface area contributed by atoms with E-state index in [-0.39, 0.29) is 12.0 Å². The van der Waals surface area contributed by atoms with Crippen molar-refractivity contribution in [2.45, 2.75) is 50.7 Å². The number of benzene rings is 3. The summed E-state index contributed by atoms with van der Waals surface area (Å²) in [5.74, 6) is -0.519. The average Bonchev–Trinajstić information content (AvgIpc) is 3.65. The van der Waals surface area contributed by atoms with Crippen molar-refractivity contribution in [3.8, 4) is 0 Å². The standard InChI is InChI=1S/C28H26F3N3O2/c1-26(2,3)36-25(35)23(18-19-14-16-22(17-15-19)27(33-34-27)28(29,30)31)32-24(20-10-6-4-7-11-20)21-12-8-5-9-13-21/h4-17,23H,18H2,1-3H3/t23-/m0/s1. The first-order valence-corrected chi connectivity index (χ1v) is 11.5. The van der Waals surface area contributed by atoms with Gasteiger partial charge >= 0.3 is 17.8 Å². The van der Waals surface area contributed by atoms with Gasteiger partial charge in [-0.25, -0.2) is 4.79 Å². The molecule has 3 aromatic rings. The fourth-order valence-corrected chi connectivity index (χ4v) is 3.75. The topological polar surface area (TPSA) is 63.4 Å². The first-order valence-electron chi connectivity index (χ1n) is 11.5. The van der Waals surface area contributed by atoms with E-state index in [9.17, 15) is 18.0 Å². The highest BCUT2D eigenvalue weighted by Crippen LogP contribution is 2.52. The minimum atomic E-state index is -4.60. The summed E-state index contributed by atoms with van der Waals surface area (Å²) in [6.45, 7) is 5.32. The summed E-state index contributed by atoms with van der Waals surface area (Å²) in [5, 5.41) is 6.49. The monoisotopic (exact) mass is 493 g/mol. The number of ether oxygens (including phenoxy) is 1. The molecule has 1 aliphatic rings. The molecule has 0 amide bonds. The zero-order valence-corrected chi connectivity index (χ0v) is 20.2. The van der Waals surface area contributed by atoms with Crippen LogP contribution in [0.2, 0.25) is 0 Å². The Hall–Kier alpha value is -3.81. The molecule has 0 radical (unpaired) electrons. The van der Waals surface area contributed by atoms with E-state index in [0.29, 0.717) is 11.3 Å². The van der Waals surface area contributed by atoms with Gasteiger partial charge in [-0.1, -0.05) is 84.9 Å². The molecule has 0 spiro atoms. The van der Waals surface area contributed by atoms with E-state index in [4.69, 9.17) is 9.73 Å². The molecular formula is C28H26F3N3O2. The molecule has 0 aliphatic carbocycles. The Balaban J connectivity index is 1.70. The van der Waals surface area contributed by atoms with Gasteiger partial charge < -0.3 is 4.74 Å². The summed E-state index contributed by atoms with van der Waals surface area (Å²) in [7, 11) is 0. The van der Waals surface area contributed by atoms with Crippen LogP contribution in [-0.4, -0.2) is 29.5 Å². The Bertz CT molecular complexity index is 1220. The summed E-state index contributed by atoms with van der Waals surface area (Å²) in [5.41, 5.74) is -0.365. The lowest BCUT2D eigenvalue weighted by molar-refractivity contribution is -0.166. The minimum Gasteiger partial charge on any atom is -0.458 e. The number of nitrogens with zero attached hydrogens (tertiary/aromatic N) is 3. The van der Waals surface area contributed by atoms with Gasteiger partial charge in [-0.05, 0) is 26.3 Å². The van der Waals surface area contributed by atoms with Crippen molar-refractivity contribution >= 4 is 11.7 Å².